The first-order chi connectivity index (χ1) is 12.1. The summed E-state index contributed by atoms with van der Waals surface area (Å²) in [7, 11) is 0. The van der Waals surface area contributed by atoms with Gasteiger partial charge in [-0.3, -0.25) is 4.79 Å². The SMILES string of the molecule is Cc1cc2cc(C(=O)N(CC[NH3+])CC[NH3+])ccc2s1.O=C([O-])C(F)(F)F. The van der Waals surface area contributed by atoms with E-state index in [0.29, 0.717) is 13.1 Å². The van der Waals surface area contributed by atoms with Gasteiger partial charge in [-0.25, -0.2) is 0 Å². The van der Waals surface area contributed by atoms with Crippen molar-refractivity contribution in [3.05, 3.63) is 34.7 Å². The molecule has 0 radical (unpaired) electrons. The third-order valence-corrected chi connectivity index (χ3v) is 4.29. The molecule has 0 aliphatic carbocycles. The molecule has 0 fully saturated rings. The lowest BCUT2D eigenvalue weighted by Crippen LogP contribution is -2.59. The van der Waals surface area contributed by atoms with Crippen LogP contribution < -0.4 is 16.6 Å². The molecule has 0 saturated carbocycles. The predicted octanol–water partition coefficient (Wildman–Crippen LogP) is -0.566. The van der Waals surface area contributed by atoms with Crippen LogP contribution in [-0.2, 0) is 4.79 Å². The van der Waals surface area contributed by atoms with Crippen molar-refractivity contribution < 1.29 is 39.3 Å². The van der Waals surface area contributed by atoms with Gasteiger partial charge in [0.25, 0.3) is 5.91 Å². The number of fused-ring (bicyclic) bond motifs is 1. The van der Waals surface area contributed by atoms with Crippen molar-refractivity contribution in [2.24, 2.45) is 0 Å². The minimum absolute atomic E-state index is 0.0815. The lowest BCUT2D eigenvalue weighted by molar-refractivity contribution is -0.376. The van der Waals surface area contributed by atoms with Crippen LogP contribution >= 0.6 is 11.3 Å². The van der Waals surface area contributed by atoms with Crippen molar-refractivity contribution >= 4 is 33.3 Å². The molecule has 26 heavy (non-hydrogen) atoms. The number of carboxylic acid groups (broad SMARTS) is 1. The number of rotatable bonds is 5. The smallest absolute Gasteiger partial charge is 0.430 e. The normalized spacial score (nSPS) is 11.0. The Morgan fingerprint density at radius 3 is 2.15 bits per heavy atom. The van der Waals surface area contributed by atoms with Gasteiger partial charge in [-0.05, 0) is 36.6 Å². The molecule has 10 heteroatoms. The van der Waals surface area contributed by atoms with Gasteiger partial charge in [0.15, 0.2) is 0 Å². The average molecular weight is 392 g/mol. The first kappa shape index (κ1) is 21.9. The predicted molar refractivity (Wildman–Crippen MR) is 89.0 cm³/mol. The average Bonchev–Trinajstić information content (AvgIpc) is 2.92. The standard InChI is InChI=1S/C14H19N3OS.C2HF3O2/c1-10-8-12-9-11(2-3-13(12)19-10)14(18)17(6-4-15)7-5-16;3-2(4,5)1(6)7/h2-3,8-9H,4-7,15-16H2,1H3;(H,6,7)/p+1. The zero-order valence-corrected chi connectivity index (χ0v) is 15.1. The van der Waals surface area contributed by atoms with E-state index < -0.39 is 12.1 Å². The number of halogens is 3. The zero-order chi connectivity index (χ0) is 19.9. The van der Waals surface area contributed by atoms with E-state index in [-0.39, 0.29) is 5.91 Å². The number of aryl methyl sites for hydroxylation is 1. The number of benzene rings is 1. The van der Waals surface area contributed by atoms with Crippen LogP contribution in [0, 0.1) is 6.92 Å². The summed E-state index contributed by atoms with van der Waals surface area (Å²) in [4.78, 5) is 24.3. The van der Waals surface area contributed by atoms with E-state index in [4.69, 9.17) is 9.90 Å². The van der Waals surface area contributed by atoms with Crippen LogP contribution in [0.2, 0.25) is 0 Å². The molecule has 0 unspecified atom stereocenters. The highest BCUT2D eigenvalue weighted by Crippen LogP contribution is 2.26. The third-order valence-electron chi connectivity index (χ3n) is 3.26. The minimum atomic E-state index is -5.19. The summed E-state index contributed by atoms with van der Waals surface area (Å²) in [5.41, 5.74) is 8.41. The van der Waals surface area contributed by atoms with Gasteiger partial charge in [0.1, 0.15) is 5.97 Å². The number of amides is 1. The monoisotopic (exact) mass is 392 g/mol. The van der Waals surface area contributed by atoms with E-state index in [9.17, 15) is 18.0 Å². The number of alkyl halides is 3. The second-order valence-corrected chi connectivity index (χ2v) is 6.68. The van der Waals surface area contributed by atoms with Gasteiger partial charge in [-0.1, -0.05) is 0 Å². The van der Waals surface area contributed by atoms with Gasteiger partial charge >= 0.3 is 6.18 Å². The molecular weight excluding hydrogens is 371 g/mol. The summed E-state index contributed by atoms with van der Waals surface area (Å²) >= 11 is 1.76. The summed E-state index contributed by atoms with van der Waals surface area (Å²) in [5, 5.41) is 9.94. The molecule has 2 aromatic rings. The summed E-state index contributed by atoms with van der Waals surface area (Å²) < 4.78 is 32.8. The quantitative estimate of drug-likeness (QED) is 0.710. The van der Waals surface area contributed by atoms with Crippen LogP contribution in [0.4, 0.5) is 13.2 Å². The van der Waals surface area contributed by atoms with Gasteiger partial charge in [-0.15, -0.1) is 11.3 Å². The van der Waals surface area contributed by atoms with Crippen molar-refractivity contribution in [1.29, 1.82) is 0 Å². The molecule has 144 valence electrons. The van der Waals surface area contributed by atoms with E-state index >= 15 is 0 Å². The molecular formula is C16H21F3N3O3S+. The number of hydrogen-bond acceptors (Lipinski definition) is 4. The first-order valence-corrected chi connectivity index (χ1v) is 8.58. The topological polar surface area (TPSA) is 116 Å². The van der Waals surface area contributed by atoms with Gasteiger partial charge in [0, 0.05) is 15.1 Å². The molecule has 1 amide bonds. The number of carboxylic acids is 1. The first-order valence-electron chi connectivity index (χ1n) is 7.76. The summed E-state index contributed by atoms with van der Waals surface area (Å²) in [6.45, 7) is 4.92. The summed E-state index contributed by atoms with van der Waals surface area (Å²) in [6.07, 6.45) is -5.19. The van der Waals surface area contributed by atoms with Gasteiger partial charge < -0.3 is 26.3 Å². The Morgan fingerprint density at radius 1 is 1.15 bits per heavy atom. The lowest BCUT2D eigenvalue weighted by atomic mass is 10.1. The molecule has 1 heterocycles. The van der Waals surface area contributed by atoms with E-state index in [2.05, 4.69) is 24.5 Å². The van der Waals surface area contributed by atoms with Crippen molar-refractivity contribution in [3.63, 3.8) is 0 Å². The maximum atomic E-state index is 12.4. The number of hydrogen-bond donors (Lipinski definition) is 2. The van der Waals surface area contributed by atoms with Crippen molar-refractivity contribution in [2.75, 3.05) is 26.2 Å². The van der Waals surface area contributed by atoms with Gasteiger partial charge in [0.2, 0.25) is 0 Å². The number of carbonyl (C=O) groups is 2. The molecule has 1 aromatic carbocycles. The molecule has 6 N–H and O–H groups in total. The Labute approximate surface area is 152 Å². The van der Waals surface area contributed by atoms with Crippen molar-refractivity contribution in [3.8, 4) is 0 Å². The Bertz CT molecular complexity index is 756. The molecule has 0 atom stereocenters. The highest BCUT2D eigenvalue weighted by molar-refractivity contribution is 7.19. The molecule has 0 aliphatic rings. The zero-order valence-electron chi connectivity index (χ0n) is 14.3. The maximum absolute atomic E-state index is 12.4. The molecule has 0 spiro atoms. The molecule has 1 aromatic heterocycles. The van der Waals surface area contributed by atoms with Crippen LogP contribution in [0.1, 0.15) is 15.2 Å². The number of carbonyl (C=O) groups excluding carboxylic acids is 2. The molecule has 0 saturated heterocycles. The fourth-order valence-electron chi connectivity index (χ4n) is 2.19. The van der Waals surface area contributed by atoms with Gasteiger partial charge in [-0.2, -0.15) is 13.2 Å². The fourth-order valence-corrected chi connectivity index (χ4v) is 3.09. The Kier molecular flexibility index (Phi) is 8.00. The van der Waals surface area contributed by atoms with Crippen molar-refractivity contribution in [1.82, 2.24) is 4.90 Å². The minimum Gasteiger partial charge on any atom is -0.542 e. The molecule has 0 bridgehead atoms. The lowest BCUT2D eigenvalue weighted by Gasteiger charge is -2.19. The number of nitrogens with zero attached hydrogens (tertiary/aromatic N) is 1. The molecule has 0 aliphatic heterocycles. The molecule has 6 nitrogen and oxygen atoms in total. The van der Waals surface area contributed by atoms with E-state index in [1.54, 1.807) is 11.3 Å². The third kappa shape index (κ3) is 6.28. The van der Waals surface area contributed by atoms with E-state index in [1.807, 2.05) is 23.1 Å². The largest absolute Gasteiger partial charge is 0.542 e. The van der Waals surface area contributed by atoms with Crippen LogP contribution in [0.15, 0.2) is 24.3 Å². The highest BCUT2D eigenvalue weighted by Gasteiger charge is 2.28. The van der Waals surface area contributed by atoms with Crippen molar-refractivity contribution in [2.45, 2.75) is 13.1 Å². The summed E-state index contributed by atoms with van der Waals surface area (Å²) in [5.74, 6) is -2.93. The van der Waals surface area contributed by atoms with Crippen LogP contribution in [0.25, 0.3) is 10.1 Å². The van der Waals surface area contributed by atoms with Gasteiger partial charge in [0.05, 0.1) is 26.2 Å². The Hall–Kier alpha value is -2.17. The van der Waals surface area contributed by atoms with Crippen LogP contribution in [0.5, 0.6) is 0 Å². The highest BCUT2D eigenvalue weighted by atomic mass is 32.1. The maximum Gasteiger partial charge on any atom is 0.430 e. The second-order valence-electron chi connectivity index (χ2n) is 5.39. The van der Waals surface area contributed by atoms with E-state index in [1.165, 1.54) is 9.58 Å². The Morgan fingerprint density at radius 2 is 1.69 bits per heavy atom. The van der Waals surface area contributed by atoms with E-state index in [0.717, 1.165) is 24.0 Å². The van der Waals surface area contributed by atoms with Crippen LogP contribution in [0.3, 0.4) is 0 Å². The fraction of sp³-hybridized carbons (Fsp3) is 0.375. The number of thiophene rings is 1. The summed E-state index contributed by atoms with van der Waals surface area (Å²) in [6, 6.07) is 8.07. The Balaban J connectivity index is 0.000000412. The number of aliphatic carboxylic acids is 1. The second kappa shape index (κ2) is 9.51. The van der Waals surface area contributed by atoms with Crippen LogP contribution in [-0.4, -0.2) is 49.1 Å². The number of quaternary nitrogens is 2. The molecule has 2 rings (SSSR count).